The molecular formula is C14H16N2OS. The Kier molecular flexibility index (Phi) is 3.48. The summed E-state index contributed by atoms with van der Waals surface area (Å²) < 4.78 is 0. The molecule has 0 unspecified atom stereocenters. The van der Waals surface area contributed by atoms with E-state index >= 15 is 0 Å². The zero-order valence-corrected chi connectivity index (χ0v) is 11.5. The summed E-state index contributed by atoms with van der Waals surface area (Å²) in [5, 5.41) is 5.83. The summed E-state index contributed by atoms with van der Waals surface area (Å²) in [5.41, 5.74) is 1.31. The molecule has 2 aromatic rings. The number of hydrogen-bond acceptors (Lipinski definition) is 3. The third kappa shape index (κ3) is 2.76. The fraction of sp³-hybridized carbons (Fsp3) is 0.286. The third-order valence-electron chi connectivity index (χ3n) is 2.67. The van der Waals surface area contributed by atoms with E-state index in [1.807, 2.05) is 50.4 Å². The van der Waals surface area contributed by atoms with Crippen molar-refractivity contribution in [3.63, 3.8) is 0 Å². The molecule has 0 aliphatic rings. The molecule has 0 bridgehead atoms. The maximum atomic E-state index is 12.2. The molecule has 1 aromatic carbocycles. The third-order valence-corrected chi connectivity index (χ3v) is 3.77. The van der Waals surface area contributed by atoms with Gasteiger partial charge in [0.1, 0.15) is 5.01 Å². The van der Waals surface area contributed by atoms with Crippen LogP contribution in [0, 0.1) is 6.92 Å². The van der Waals surface area contributed by atoms with E-state index in [1.54, 1.807) is 17.5 Å². The number of carbonyl (C=O) groups is 1. The van der Waals surface area contributed by atoms with Crippen molar-refractivity contribution < 1.29 is 4.79 Å². The van der Waals surface area contributed by atoms with Gasteiger partial charge >= 0.3 is 0 Å². The van der Waals surface area contributed by atoms with Crippen LogP contribution >= 0.6 is 11.3 Å². The second-order valence-electron chi connectivity index (χ2n) is 4.79. The highest BCUT2D eigenvalue weighted by Gasteiger charge is 2.25. The minimum Gasteiger partial charge on any atom is -0.341 e. The highest BCUT2D eigenvalue weighted by molar-refractivity contribution is 7.09. The van der Waals surface area contributed by atoms with Crippen LogP contribution < -0.4 is 5.32 Å². The van der Waals surface area contributed by atoms with Crippen LogP contribution in [0.25, 0.3) is 0 Å². The summed E-state index contributed by atoms with van der Waals surface area (Å²) in [7, 11) is 0. The molecule has 4 heteroatoms. The normalized spacial score (nSPS) is 11.3. The van der Waals surface area contributed by atoms with Crippen LogP contribution in [0.5, 0.6) is 0 Å². The van der Waals surface area contributed by atoms with Crippen LogP contribution in [0.2, 0.25) is 0 Å². The molecule has 0 saturated heterocycles. The van der Waals surface area contributed by atoms with E-state index < -0.39 is 5.54 Å². The van der Waals surface area contributed by atoms with Gasteiger partial charge in [0.05, 0.1) is 5.54 Å². The predicted octanol–water partition coefficient (Wildman–Crippen LogP) is 3.12. The fourth-order valence-corrected chi connectivity index (χ4v) is 2.45. The Balaban J connectivity index is 2.17. The van der Waals surface area contributed by atoms with Gasteiger partial charge < -0.3 is 5.32 Å². The molecule has 3 nitrogen and oxygen atoms in total. The van der Waals surface area contributed by atoms with Gasteiger partial charge in [-0.15, -0.1) is 11.3 Å². The number of benzene rings is 1. The van der Waals surface area contributed by atoms with Gasteiger partial charge in [0, 0.05) is 17.1 Å². The van der Waals surface area contributed by atoms with Gasteiger partial charge in [-0.05, 0) is 32.9 Å². The van der Waals surface area contributed by atoms with Crippen LogP contribution in [-0.4, -0.2) is 10.9 Å². The Bertz CT molecular complexity index is 547. The number of thiazole rings is 1. The quantitative estimate of drug-likeness (QED) is 0.921. The van der Waals surface area contributed by atoms with Gasteiger partial charge in [0.15, 0.2) is 0 Å². The SMILES string of the molecule is Cc1cccc(C(=O)NC(C)(C)c2nccs2)c1. The average molecular weight is 260 g/mol. The Morgan fingerprint density at radius 2 is 2.17 bits per heavy atom. The van der Waals surface area contributed by atoms with Crippen LogP contribution in [0.4, 0.5) is 0 Å². The Hall–Kier alpha value is -1.68. The second kappa shape index (κ2) is 4.90. The van der Waals surface area contributed by atoms with Crippen molar-refractivity contribution in [2.45, 2.75) is 26.3 Å². The van der Waals surface area contributed by atoms with Crippen molar-refractivity contribution in [3.8, 4) is 0 Å². The molecule has 0 fully saturated rings. The molecule has 2 rings (SSSR count). The van der Waals surface area contributed by atoms with E-state index in [0.717, 1.165) is 10.6 Å². The maximum Gasteiger partial charge on any atom is 0.252 e. The summed E-state index contributed by atoms with van der Waals surface area (Å²) in [5.74, 6) is -0.0705. The molecule has 0 aliphatic heterocycles. The zero-order chi connectivity index (χ0) is 13.2. The first kappa shape index (κ1) is 12.8. The number of aromatic nitrogens is 1. The lowest BCUT2D eigenvalue weighted by molar-refractivity contribution is 0.0912. The lowest BCUT2D eigenvalue weighted by Gasteiger charge is -2.23. The lowest BCUT2D eigenvalue weighted by Crippen LogP contribution is -2.40. The second-order valence-corrected chi connectivity index (χ2v) is 5.68. The van der Waals surface area contributed by atoms with Gasteiger partial charge in [0.2, 0.25) is 0 Å². The standard InChI is InChI=1S/C14H16N2OS/c1-10-5-4-6-11(9-10)12(17)16-14(2,3)13-15-7-8-18-13/h4-9H,1-3H3,(H,16,17). The monoisotopic (exact) mass is 260 g/mol. The fourth-order valence-electron chi connectivity index (χ4n) is 1.73. The average Bonchev–Trinajstić information content (AvgIpc) is 2.82. The van der Waals surface area contributed by atoms with Gasteiger partial charge in [-0.1, -0.05) is 17.7 Å². The first-order valence-electron chi connectivity index (χ1n) is 5.78. The van der Waals surface area contributed by atoms with Crippen molar-refractivity contribution in [2.24, 2.45) is 0 Å². The number of nitrogens with one attached hydrogen (secondary N) is 1. The van der Waals surface area contributed by atoms with Gasteiger partial charge in [0.25, 0.3) is 5.91 Å². The number of aryl methyl sites for hydroxylation is 1. The molecule has 94 valence electrons. The largest absolute Gasteiger partial charge is 0.341 e. The van der Waals surface area contributed by atoms with Crippen LogP contribution in [-0.2, 0) is 5.54 Å². The van der Waals surface area contributed by atoms with Gasteiger partial charge in [-0.3, -0.25) is 4.79 Å². The smallest absolute Gasteiger partial charge is 0.252 e. The predicted molar refractivity (Wildman–Crippen MR) is 73.8 cm³/mol. The summed E-state index contributed by atoms with van der Waals surface area (Å²) >= 11 is 1.54. The van der Waals surface area contributed by atoms with E-state index in [2.05, 4.69) is 10.3 Å². The highest BCUT2D eigenvalue weighted by atomic mass is 32.1. The topological polar surface area (TPSA) is 42.0 Å². The van der Waals surface area contributed by atoms with Crippen molar-refractivity contribution in [3.05, 3.63) is 52.0 Å². The minimum atomic E-state index is -0.449. The number of rotatable bonds is 3. The van der Waals surface area contributed by atoms with Crippen molar-refractivity contribution in [1.82, 2.24) is 10.3 Å². The summed E-state index contributed by atoms with van der Waals surface area (Å²) in [6.07, 6.45) is 1.75. The number of carbonyl (C=O) groups excluding carboxylic acids is 1. The molecule has 0 radical (unpaired) electrons. The van der Waals surface area contributed by atoms with E-state index in [-0.39, 0.29) is 5.91 Å². The molecule has 0 saturated carbocycles. The Labute approximate surface area is 111 Å². The molecule has 0 atom stereocenters. The first-order chi connectivity index (χ1) is 8.49. The van der Waals surface area contributed by atoms with Crippen molar-refractivity contribution in [1.29, 1.82) is 0 Å². The van der Waals surface area contributed by atoms with Gasteiger partial charge in [-0.25, -0.2) is 4.98 Å². The van der Waals surface area contributed by atoms with Gasteiger partial charge in [-0.2, -0.15) is 0 Å². The molecule has 0 spiro atoms. The Morgan fingerprint density at radius 1 is 1.39 bits per heavy atom. The highest BCUT2D eigenvalue weighted by Crippen LogP contribution is 2.22. The van der Waals surface area contributed by atoms with Crippen LogP contribution in [0.15, 0.2) is 35.8 Å². The van der Waals surface area contributed by atoms with E-state index in [1.165, 1.54) is 0 Å². The number of hydrogen-bond donors (Lipinski definition) is 1. The van der Waals surface area contributed by atoms with E-state index in [9.17, 15) is 4.79 Å². The van der Waals surface area contributed by atoms with E-state index in [0.29, 0.717) is 5.56 Å². The Morgan fingerprint density at radius 3 is 2.78 bits per heavy atom. The maximum absolute atomic E-state index is 12.2. The molecule has 18 heavy (non-hydrogen) atoms. The molecule has 0 aliphatic carbocycles. The van der Waals surface area contributed by atoms with Crippen LogP contribution in [0.3, 0.4) is 0 Å². The minimum absolute atomic E-state index is 0.0705. The zero-order valence-electron chi connectivity index (χ0n) is 10.7. The first-order valence-corrected chi connectivity index (χ1v) is 6.66. The number of nitrogens with zero attached hydrogens (tertiary/aromatic N) is 1. The van der Waals surface area contributed by atoms with Crippen molar-refractivity contribution >= 4 is 17.2 Å². The number of amides is 1. The molecule has 1 amide bonds. The van der Waals surface area contributed by atoms with E-state index in [4.69, 9.17) is 0 Å². The lowest BCUT2D eigenvalue weighted by atomic mass is 10.0. The molecule has 1 aromatic heterocycles. The van der Waals surface area contributed by atoms with Crippen molar-refractivity contribution in [2.75, 3.05) is 0 Å². The molecule has 1 heterocycles. The summed E-state index contributed by atoms with van der Waals surface area (Å²) in [6, 6.07) is 7.57. The summed E-state index contributed by atoms with van der Waals surface area (Å²) in [4.78, 5) is 16.4. The van der Waals surface area contributed by atoms with Crippen LogP contribution in [0.1, 0.15) is 34.8 Å². The molecular weight excluding hydrogens is 244 g/mol. The molecule has 1 N–H and O–H groups in total. The summed E-state index contributed by atoms with van der Waals surface area (Å²) in [6.45, 7) is 5.89.